The third kappa shape index (κ3) is 3.37. The highest BCUT2D eigenvalue weighted by atomic mass is 16.5. The molecule has 2 aliphatic heterocycles. The molecule has 25 heavy (non-hydrogen) atoms. The zero-order chi connectivity index (χ0) is 17.2. The fourth-order valence-electron chi connectivity index (χ4n) is 4.19. The van der Waals surface area contributed by atoms with Gasteiger partial charge in [-0.1, -0.05) is 30.3 Å². The van der Waals surface area contributed by atoms with Crippen LogP contribution in [-0.2, 0) is 17.9 Å². The highest BCUT2D eigenvalue weighted by Gasteiger charge is 2.48. The summed E-state index contributed by atoms with van der Waals surface area (Å²) in [5.74, 6) is -0.123. The van der Waals surface area contributed by atoms with E-state index in [0.29, 0.717) is 12.6 Å². The highest BCUT2D eigenvalue weighted by Crippen LogP contribution is 2.42. The van der Waals surface area contributed by atoms with Crippen molar-refractivity contribution in [2.45, 2.75) is 44.5 Å². The summed E-state index contributed by atoms with van der Waals surface area (Å²) in [6, 6.07) is 12.6. The van der Waals surface area contributed by atoms with Crippen LogP contribution in [-0.4, -0.2) is 33.0 Å². The Labute approximate surface area is 147 Å². The SMILES string of the molecule is O=C(O)C1CC2CCC1N2Cc1cncc(OCc2ccccc2)c1. The van der Waals surface area contributed by atoms with Crippen LogP contribution in [0, 0.1) is 5.92 Å². The van der Waals surface area contributed by atoms with Gasteiger partial charge in [0, 0.05) is 24.8 Å². The van der Waals surface area contributed by atoms with Crippen molar-refractivity contribution in [2.24, 2.45) is 5.92 Å². The minimum absolute atomic E-state index is 0.163. The smallest absolute Gasteiger partial charge is 0.308 e. The second-order valence-electron chi connectivity index (χ2n) is 6.95. The lowest BCUT2D eigenvalue weighted by Crippen LogP contribution is -2.32. The second kappa shape index (κ2) is 6.84. The summed E-state index contributed by atoms with van der Waals surface area (Å²) >= 11 is 0. The van der Waals surface area contributed by atoms with Gasteiger partial charge in [-0.05, 0) is 36.5 Å². The molecule has 2 fully saturated rings. The molecule has 2 aliphatic rings. The van der Waals surface area contributed by atoms with Crippen LogP contribution in [0.5, 0.6) is 5.75 Å². The van der Waals surface area contributed by atoms with E-state index in [4.69, 9.17) is 4.74 Å². The lowest BCUT2D eigenvalue weighted by atomic mass is 9.89. The fourth-order valence-corrected chi connectivity index (χ4v) is 4.19. The zero-order valence-electron chi connectivity index (χ0n) is 14.0. The molecule has 2 aromatic rings. The molecule has 1 aromatic heterocycles. The Kier molecular flexibility index (Phi) is 4.40. The van der Waals surface area contributed by atoms with Gasteiger partial charge in [-0.15, -0.1) is 0 Å². The highest BCUT2D eigenvalue weighted by molar-refractivity contribution is 5.71. The van der Waals surface area contributed by atoms with Crippen molar-refractivity contribution < 1.29 is 14.6 Å². The molecule has 1 aromatic carbocycles. The number of carboxylic acids is 1. The number of carboxylic acid groups (broad SMARTS) is 1. The summed E-state index contributed by atoms with van der Waals surface area (Å²) in [7, 11) is 0. The number of fused-ring (bicyclic) bond motifs is 2. The molecular formula is C20H22N2O3. The molecule has 3 unspecified atom stereocenters. The van der Waals surface area contributed by atoms with Gasteiger partial charge in [0.2, 0.25) is 0 Å². The molecular weight excluding hydrogens is 316 g/mol. The van der Waals surface area contributed by atoms with Crippen LogP contribution in [0.3, 0.4) is 0 Å². The van der Waals surface area contributed by atoms with Gasteiger partial charge in [0.05, 0.1) is 12.1 Å². The molecule has 0 spiro atoms. The predicted molar refractivity (Wildman–Crippen MR) is 93.1 cm³/mol. The molecule has 0 radical (unpaired) electrons. The van der Waals surface area contributed by atoms with Crippen molar-refractivity contribution in [2.75, 3.05) is 0 Å². The maximum absolute atomic E-state index is 11.4. The Hall–Kier alpha value is -2.40. The number of aromatic nitrogens is 1. The first-order valence-corrected chi connectivity index (χ1v) is 8.80. The van der Waals surface area contributed by atoms with Crippen molar-refractivity contribution >= 4 is 5.97 Å². The van der Waals surface area contributed by atoms with Crippen molar-refractivity contribution in [3.8, 4) is 5.75 Å². The maximum atomic E-state index is 11.4. The molecule has 0 saturated carbocycles. The number of nitrogens with zero attached hydrogens (tertiary/aromatic N) is 2. The van der Waals surface area contributed by atoms with Crippen molar-refractivity contribution in [3.63, 3.8) is 0 Å². The monoisotopic (exact) mass is 338 g/mol. The molecule has 3 heterocycles. The standard InChI is InChI=1S/C20H22N2O3/c23-20(24)18-9-16-6-7-19(18)22(16)12-15-8-17(11-21-10-15)25-13-14-4-2-1-3-5-14/h1-5,8,10-11,16,18-19H,6-7,9,12-13H2,(H,23,24). The number of carbonyl (C=O) groups is 1. The summed E-state index contributed by atoms with van der Waals surface area (Å²) < 4.78 is 5.85. The Balaban J connectivity index is 1.41. The molecule has 1 N–H and O–H groups in total. The molecule has 5 nitrogen and oxygen atoms in total. The summed E-state index contributed by atoms with van der Waals surface area (Å²) in [6.07, 6.45) is 6.44. The molecule has 0 amide bonds. The largest absolute Gasteiger partial charge is 0.487 e. The van der Waals surface area contributed by atoms with Gasteiger partial charge in [-0.3, -0.25) is 14.7 Å². The zero-order valence-corrected chi connectivity index (χ0v) is 14.0. The van der Waals surface area contributed by atoms with Crippen LogP contribution in [0.15, 0.2) is 48.8 Å². The summed E-state index contributed by atoms with van der Waals surface area (Å²) in [4.78, 5) is 18.0. The van der Waals surface area contributed by atoms with Gasteiger partial charge in [-0.2, -0.15) is 0 Å². The average Bonchev–Trinajstić information content (AvgIpc) is 3.18. The van der Waals surface area contributed by atoms with Crippen LogP contribution < -0.4 is 4.74 Å². The number of benzene rings is 1. The minimum Gasteiger partial charge on any atom is -0.487 e. The molecule has 0 aliphatic carbocycles. The van der Waals surface area contributed by atoms with Crippen LogP contribution >= 0.6 is 0 Å². The number of ether oxygens (including phenoxy) is 1. The molecule has 3 atom stereocenters. The quantitative estimate of drug-likeness (QED) is 0.877. The van der Waals surface area contributed by atoms with Gasteiger partial charge in [-0.25, -0.2) is 0 Å². The van der Waals surface area contributed by atoms with Gasteiger partial charge >= 0.3 is 5.97 Å². The van der Waals surface area contributed by atoms with E-state index in [0.717, 1.165) is 42.7 Å². The third-order valence-corrected chi connectivity index (χ3v) is 5.38. The van der Waals surface area contributed by atoms with E-state index in [1.165, 1.54) is 0 Å². The molecule has 2 bridgehead atoms. The van der Waals surface area contributed by atoms with Crippen LogP contribution in [0.2, 0.25) is 0 Å². The predicted octanol–water partition coefficient (Wildman–Crippen LogP) is 3.10. The van der Waals surface area contributed by atoms with Crippen molar-refractivity contribution in [1.29, 1.82) is 0 Å². The summed E-state index contributed by atoms with van der Waals surface area (Å²) in [6.45, 7) is 1.26. The van der Waals surface area contributed by atoms with Crippen LogP contribution in [0.1, 0.15) is 30.4 Å². The Morgan fingerprint density at radius 1 is 1.20 bits per heavy atom. The Bertz CT molecular complexity index is 750. The van der Waals surface area contributed by atoms with E-state index in [1.54, 1.807) is 6.20 Å². The number of hydrogen-bond donors (Lipinski definition) is 1. The van der Waals surface area contributed by atoms with Crippen molar-refractivity contribution in [1.82, 2.24) is 9.88 Å². The first-order chi connectivity index (χ1) is 12.2. The van der Waals surface area contributed by atoms with E-state index in [1.807, 2.05) is 42.6 Å². The number of rotatable bonds is 6. The first kappa shape index (κ1) is 16.1. The van der Waals surface area contributed by atoms with E-state index >= 15 is 0 Å². The normalized spacial score (nSPS) is 25.2. The fraction of sp³-hybridized carbons (Fsp3) is 0.400. The van der Waals surface area contributed by atoms with Gasteiger partial charge in [0.15, 0.2) is 0 Å². The molecule has 4 rings (SSSR count). The van der Waals surface area contributed by atoms with Crippen LogP contribution in [0.4, 0.5) is 0 Å². The lowest BCUT2D eigenvalue weighted by Gasteiger charge is -2.22. The molecule has 130 valence electrons. The Morgan fingerprint density at radius 3 is 2.80 bits per heavy atom. The maximum Gasteiger partial charge on any atom is 0.308 e. The van der Waals surface area contributed by atoms with Gasteiger partial charge in [0.25, 0.3) is 0 Å². The lowest BCUT2D eigenvalue weighted by molar-refractivity contribution is -0.142. The summed E-state index contributed by atoms with van der Waals surface area (Å²) in [5.41, 5.74) is 2.20. The van der Waals surface area contributed by atoms with E-state index < -0.39 is 5.97 Å². The first-order valence-electron chi connectivity index (χ1n) is 8.80. The topological polar surface area (TPSA) is 62.7 Å². The Morgan fingerprint density at radius 2 is 2.04 bits per heavy atom. The number of hydrogen-bond acceptors (Lipinski definition) is 4. The van der Waals surface area contributed by atoms with Gasteiger partial charge < -0.3 is 9.84 Å². The van der Waals surface area contributed by atoms with Crippen LogP contribution in [0.25, 0.3) is 0 Å². The minimum atomic E-state index is -0.657. The summed E-state index contributed by atoms with van der Waals surface area (Å²) in [5, 5.41) is 9.38. The number of pyridine rings is 1. The van der Waals surface area contributed by atoms with Crippen molar-refractivity contribution in [3.05, 3.63) is 59.9 Å². The van der Waals surface area contributed by atoms with E-state index in [-0.39, 0.29) is 12.0 Å². The average molecular weight is 338 g/mol. The second-order valence-corrected chi connectivity index (χ2v) is 6.95. The van der Waals surface area contributed by atoms with E-state index in [9.17, 15) is 9.90 Å². The van der Waals surface area contributed by atoms with E-state index in [2.05, 4.69) is 9.88 Å². The molecule has 5 heteroatoms. The van der Waals surface area contributed by atoms with Gasteiger partial charge in [0.1, 0.15) is 12.4 Å². The number of aliphatic carboxylic acids is 1. The third-order valence-electron chi connectivity index (χ3n) is 5.38. The molecule has 2 saturated heterocycles.